The molecule has 1 saturated carbocycles. The Morgan fingerprint density at radius 1 is 1.27 bits per heavy atom. The van der Waals surface area contributed by atoms with Crippen molar-refractivity contribution in [3.8, 4) is 11.5 Å². The minimum Gasteiger partial charge on any atom is -0.454 e. The summed E-state index contributed by atoms with van der Waals surface area (Å²) in [7, 11) is 0. The van der Waals surface area contributed by atoms with Crippen LogP contribution in [0.2, 0.25) is 0 Å². The summed E-state index contributed by atoms with van der Waals surface area (Å²) < 4.78 is 11.1. The summed E-state index contributed by atoms with van der Waals surface area (Å²) in [6.45, 7) is 2.94. The number of piperidine rings is 1. The summed E-state index contributed by atoms with van der Waals surface area (Å²) in [6.07, 6.45) is 3.41. The monoisotopic (exact) mass is 370 g/mol. The third-order valence-corrected chi connectivity index (χ3v) is 6.68. The summed E-state index contributed by atoms with van der Waals surface area (Å²) in [5.41, 5.74) is 2.11. The third-order valence-electron chi connectivity index (χ3n) is 5.94. The number of ether oxygens (including phenoxy) is 2. The molecule has 5 rings (SSSR count). The zero-order chi connectivity index (χ0) is 17.6. The Bertz CT molecular complexity index is 814. The van der Waals surface area contributed by atoms with Crippen LogP contribution >= 0.6 is 11.3 Å². The van der Waals surface area contributed by atoms with Gasteiger partial charge in [-0.2, -0.15) is 11.3 Å². The number of hydrogen-bond donors (Lipinski definition) is 1. The molecule has 1 aromatic carbocycles. The summed E-state index contributed by atoms with van der Waals surface area (Å²) in [5, 5.41) is 7.65. The number of carbonyl (C=O) groups excluding carboxylic acids is 1. The Hall–Kier alpha value is -2.05. The first-order chi connectivity index (χ1) is 12.8. The number of para-hydroxylation sites is 1. The van der Waals surface area contributed by atoms with Crippen LogP contribution in [0.5, 0.6) is 11.5 Å². The van der Waals surface area contributed by atoms with Gasteiger partial charge in [0.25, 0.3) is 5.91 Å². The second kappa shape index (κ2) is 6.28. The van der Waals surface area contributed by atoms with E-state index in [2.05, 4.69) is 27.0 Å². The smallest absolute Gasteiger partial charge is 0.258 e. The predicted molar refractivity (Wildman–Crippen MR) is 99.7 cm³/mol. The van der Waals surface area contributed by atoms with Crippen molar-refractivity contribution >= 4 is 17.2 Å². The lowest BCUT2D eigenvalue weighted by Crippen LogP contribution is -2.39. The van der Waals surface area contributed by atoms with Gasteiger partial charge in [0.15, 0.2) is 11.5 Å². The molecule has 1 saturated heterocycles. The fourth-order valence-electron chi connectivity index (χ4n) is 4.39. The second-order valence-electron chi connectivity index (χ2n) is 7.44. The van der Waals surface area contributed by atoms with Gasteiger partial charge in [-0.1, -0.05) is 6.07 Å². The molecule has 6 heteroatoms. The second-order valence-corrected chi connectivity index (χ2v) is 8.22. The van der Waals surface area contributed by atoms with E-state index in [-0.39, 0.29) is 12.7 Å². The average Bonchev–Trinajstić information content (AvgIpc) is 3.08. The van der Waals surface area contributed by atoms with Crippen molar-refractivity contribution in [2.24, 2.45) is 5.41 Å². The number of benzene rings is 1. The van der Waals surface area contributed by atoms with Gasteiger partial charge >= 0.3 is 0 Å². The first-order valence-corrected chi connectivity index (χ1v) is 10.1. The lowest BCUT2D eigenvalue weighted by Gasteiger charge is -2.30. The summed E-state index contributed by atoms with van der Waals surface area (Å²) >= 11 is 1.68. The van der Waals surface area contributed by atoms with Gasteiger partial charge in [-0.05, 0) is 72.3 Å². The normalized spacial score (nSPS) is 22.4. The Kier molecular flexibility index (Phi) is 3.90. The molecule has 1 aliphatic carbocycles. The molecule has 136 valence electrons. The molecule has 1 unspecified atom stereocenters. The van der Waals surface area contributed by atoms with Crippen LogP contribution in [-0.4, -0.2) is 36.7 Å². The van der Waals surface area contributed by atoms with Gasteiger partial charge in [0.2, 0.25) is 6.79 Å². The van der Waals surface area contributed by atoms with Crippen molar-refractivity contribution in [2.45, 2.75) is 31.8 Å². The van der Waals surface area contributed by atoms with Gasteiger partial charge in [-0.3, -0.25) is 4.79 Å². The number of fused-ring (bicyclic) bond motifs is 1. The molecule has 2 fully saturated rings. The molecule has 2 aliphatic heterocycles. The first-order valence-electron chi connectivity index (χ1n) is 9.18. The maximum atomic E-state index is 13.5. The average molecular weight is 370 g/mol. The number of nitrogens with zero attached hydrogens (tertiary/aromatic N) is 1. The van der Waals surface area contributed by atoms with Crippen LogP contribution in [0.3, 0.4) is 0 Å². The molecule has 1 N–H and O–H groups in total. The van der Waals surface area contributed by atoms with Crippen LogP contribution in [0.15, 0.2) is 35.0 Å². The van der Waals surface area contributed by atoms with E-state index >= 15 is 0 Å². The van der Waals surface area contributed by atoms with E-state index in [9.17, 15) is 4.79 Å². The van der Waals surface area contributed by atoms with E-state index in [0.717, 1.165) is 32.4 Å². The SMILES string of the molecule is O=C(c1cccc2c1OCO2)N(Cc1ccsc1)C1CC12CCNCC2. The van der Waals surface area contributed by atoms with Crippen LogP contribution in [0.25, 0.3) is 0 Å². The largest absolute Gasteiger partial charge is 0.454 e. The molecule has 1 spiro atoms. The molecule has 1 atom stereocenters. The predicted octanol–water partition coefficient (Wildman–Crippen LogP) is 3.26. The molecule has 0 radical (unpaired) electrons. The molecule has 2 aromatic rings. The van der Waals surface area contributed by atoms with Crippen LogP contribution in [0.4, 0.5) is 0 Å². The quantitative estimate of drug-likeness (QED) is 0.898. The molecular weight excluding hydrogens is 348 g/mol. The van der Waals surface area contributed by atoms with E-state index in [1.54, 1.807) is 11.3 Å². The maximum Gasteiger partial charge on any atom is 0.258 e. The Morgan fingerprint density at radius 2 is 2.15 bits per heavy atom. The first kappa shape index (κ1) is 16.1. The highest BCUT2D eigenvalue weighted by atomic mass is 32.1. The molecule has 0 bridgehead atoms. The van der Waals surface area contributed by atoms with E-state index < -0.39 is 0 Å². The zero-order valence-corrected chi connectivity index (χ0v) is 15.4. The van der Waals surface area contributed by atoms with E-state index in [4.69, 9.17) is 9.47 Å². The van der Waals surface area contributed by atoms with Gasteiger partial charge in [-0.25, -0.2) is 0 Å². The Balaban J connectivity index is 1.46. The maximum absolute atomic E-state index is 13.5. The van der Waals surface area contributed by atoms with E-state index in [1.807, 2.05) is 18.2 Å². The van der Waals surface area contributed by atoms with Gasteiger partial charge in [-0.15, -0.1) is 0 Å². The van der Waals surface area contributed by atoms with Crippen LogP contribution < -0.4 is 14.8 Å². The summed E-state index contributed by atoms with van der Waals surface area (Å²) in [6, 6.07) is 8.01. The van der Waals surface area contributed by atoms with Crippen molar-refractivity contribution in [3.05, 3.63) is 46.2 Å². The van der Waals surface area contributed by atoms with Crippen molar-refractivity contribution < 1.29 is 14.3 Å². The number of rotatable bonds is 4. The Morgan fingerprint density at radius 3 is 2.96 bits per heavy atom. The lowest BCUT2D eigenvalue weighted by molar-refractivity contribution is 0.0688. The van der Waals surface area contributed by atoms with E-state index in [0.29, 0.717) is 35.1 Å². The molecule has 5 nitrogen and oxygen atoms in total. The van der Waals surface area contributed by atoms with Crippen LogP contribution in [0, 0.1) is 5.41 Å². The highest BCUT2D eigenvalue weighted by Crippen LogP contribution is 2.56. The number of hydrogen-bond acceptors (Lipinski definition) is 5. The van der Waals surface area contributed by atoms with Gasteiger partial charge in [0, 0.05) is 12.6 Å². The Labute approximate surface area is 156 Å². The highest BCUT2D eigenvalue weighted by Gasteiger charge is 2.58. The summed E-state index contributed by atoms with van der Waals surface area (Å²) in [4.78, 5) is 15.6. The molecule has 26 heavy (non-hydrogen) atoms. The third kappa shape index (κ3) is 2.68. The fourth-order valence-corrected chi connectivity index (χ4v) is 5.04. The summed E-state index contributed by atoms with van der Waals surface area (Å²) in [5.74, 6) is 1.31. The van der Waals surface area contributed by atoms with Crippen molar-refractivity contribution in [2.75, 3.05) is 19.9 Å². The lowest BCUT2D eigenvalue weighted by atomic mass is 9.93. The number of nitrogens with one attached hydrogen (secondary N) is 1. The fraction of sp³-hybridized carbons (Fsp3) is 0.450. The number of carbonyl (C=O) groups is 1. The van der Waals surface area contributed by atoms with Gasteiger partial charge in [0.1, 0.15) is 0 Å². The molecule has 3 heterocycles. The molecular formula is C20H22N2O3S. The minimum absolute atomic E-state index is 0.0546. The minimum atomic E-state index is 0.0546. The topological polar surface area (TPSA) is 50.8 Å². The van der Waals surface area contributed by atoms with Crippen molar-refractivity contribution in [1.82, 2.24) is 10.2 Å². The van der Waals surface area contributed by atoms with Gasteiger partial charge < -0.3 is 19.7 Å². The van der Waals surface area contributed by atoms with E-state index in [1.165, 1.54) is 5.56 Å². The van der Waals surface area contributed by atoms with Crippen molar-refractivity contribution in [1.29, 1.82) is 0 Å². The standard InChI is InChI=1S/C20H22N2O3S/c23-19(15-2-1-3-16-18(15)25-13-24-16)22(11-14-4-9-26-12-14)17-10-20(17)5-7-21-8-6-20/h1-4,9,12,17,21H,5-8,10-11,13H2. The molecule has 3 aliphatic rings. The van der Waals surface area contributed by atoms with Gasteiger partial charge in [0.05, 0.1) is 5.56 Å². The van der Waals surface area contributed by atoms with Crippen LogP contribution in [-0.2, 0) is 6.54 Å². The number of thiophene rings is 1. The zero-order valence-electron chi connectivity index (χ0n) is 14.6. The highest BCUT2D eigenvalue weighted by molar-refractivity contribution is 7.07. The molecule has 1 aromatic heterocycles. The van der Waals surface area contributed by atoms with Crippen molar-refractivity contribution in [3.63, 3.8) is 0 Å². The van der Waals surface area contributed by atoms with Crippen LogP contribution in [0.1, 0.15) is 35.2 Å². The molecule has 1 amide bonds. The number of amides is 1.